The number of anilines is 2. The molecule has 1 aliphatic carbocycles. The van der Waals surface area contributed by atoms with E-state index in [1.54, 1.807) is 0 Å². The van der Waals surface area contributed by atoms with Crippen LogP contribution in [0.3, 0.4) is 0 Å². The number of rotatable bonds is 2. The molecule has 4 unspecified atom stereocenters. The normalized spacial score (nSPS) is 25.7. The predicted molar refractivity (Wildman–Crippen MR) is 181 cm³/mol. The number of hydrazine groups is 1. The van der Waals surface area contributed by atoms with E-state index in [9.17, 15) is 0 Å². The van der Waals surface area contributed by atoms with Crippen LogP contribution in [0, 0.1) is 0 Å². The third-order valence-corrected chi connectivity index (χ3v) is 10.1. The summed E-state index contributed by atoms with van der Waals surface area (Å²) in [7, 11) is 0. The van der Waals surface area contributed by atoms with Crippen molar-refractivity contribution < 1.29 is 9.47 Å². The van der Waals surface area contributed by atoms with Crippen LogP contribution in [-0.4, -0.2) is 28.1 Å². The molecule has 1 fully saturated rings. The third-order valence-electron chi connectivity index (χ3n) is 10.1. The van der Waals surface area contributed by atoms with Gasteiger partial charge in [0.1, 0.15) is 29.2 Å². The van der Waals surface area contributed by atoms with Crippen molar-refractivity contribution in [3.63, 3.8) is 0 Å². The highest BCUT2D eigenvalue weighted by Crippen LogP contribution is 2.55. The number of nitrogens with two attached hydrogens (primary N) is 1. The quantitative estimate of drug-likeness (QED) is 0.158. The maximum absolute atomic E-state index is 6.98. The van der Waals surface area contributed by atoms with E-state index in [1.165, 1.54) is 16.8 Å². The minimum Gasteiger partial charge on any atom is -0.456 e. The summed E-state index contributed by atoms with van der Waals surface area (Å²) in [4.78, 5) is 2.41. The van der Waals surface area contributed by atoms with Gasteiger partial charge < -0.3 is 20.1 Å². The molecule has 5 atom stereocenters. The smallest absolute Gasteiger partial charge is 0.140 e. The first-order chi connectivity index (χ1) is 22.5. The Labute approximate surface area is 268 Å². The van der Waals surface area contributed by atoms with E-state index >= 15 is 0 Å². The zero-order chi connectivity index (χ0) is 30.6. The maximum Gasteiger partial charge on any atom is 0.140 e. The standard InChI is InChI=1S/C40H32N4O2/c1-40(41)20-19-32-27-9-2-5-12-33(27)44(38(32)40)26-16-18-31-30-17-15-25(39-42-21-8-22-43(39)42)23-36(30)45-34-13-6-3-10-28(34)29-11-4-7-14-35(29)46-37(31)24-26/h2-21,23-24,32,38-39H,22,41H2,1H3/t32?,38?,39?,40-,42?,43?/m0/s1. The van der Waals surface area contributed by atoms with Gasteiger partial charge in [-0.3, -0.25) is 5.01 Å². The molecule has 0 aromatic heterocycles. The Bertz CT molecular complexity index is 2130. The Morgan fingerprint density at radius 3 is 2.11 bits per heavy atom. The molecule has 4 aliphatic heterocycles. The van der Waals surface area contributed by atoms with Crippen LogP contribution < -0.4 is 20.1 Å². The summed E-state index contributed by atoms with van der Waals surface area (Å²) in [5.41, 5.74) is 15.1. The fourth-order valence-electron chi connectivity index (χ4n) is 7.99. The first-order valence-corrected chi connectivity index (χ1v) is 16.0. The largest absolute Gasteiger partial charge is 0.456 e. The van der Waals surface area contributed by atoms with Crippen molar-refractivity contribution >= 4 is 11.4 Å². The summed E-state index contributed by atoms with van der Waals surface area (Å²) >= 11 is 0. The summed E-state index contributed by atoms with van der Waals surface area (Å²) in [6, 6.07) is 38.3. The van der Waals surface area contributed by atoms with Crippen molar-refractivity contribution in [1.82, 2.24) is 10.0 Å². The lowest BCUT2D eigenvalue weighted by molar-refractivity contribution is 0.443. The number of benzene rings is 5. The SMILES string of the molecule is C[C@]1(N)C=CC2c3ccccc3N(c3ccc4c(c3)Oc3ccccc3-c3ccccc3Oc3cc(C5N6C=CCN56)ccc3-4)C21. The van der Waals surface area contributed by atoms with Crippen LogP contribution in [0.4, 0.5) is 11.4 Å². The highest BCUT2D eigenvalue weighted by molar-refractivity contribution is 5.85. The third kappa shape index (κ3) is 3.71. The minimum atomic E-state index is -0.486. The summed E-state index contributed by atoms with van der Waals surface area (Å²) in [6.07, 6.45) is 9.01. The van der Waals surface area contributed by atoms with Gasteiger partial charge in [0, 0.05) is 58.4 Å². The molecule has 5 aliphatic rings. The summed E-state index contributed by atoms with van der Waals surface area (Å²) in [5, 5.41) is 4.60. The van der Waals surface area contributed by atoms with Crippen molar-refractivity contribution in [2.24, 2.45) is 5.73 Å². The predicted octanol–water partition coefficient (Wildman–Crippen LogP) is 8.87. The van der Waals surface area contributed by atoms with E-state index in [4.69, 9.17) is 15.2 Å². The van der Waals surface area contributed by atoms with E-state index in [2.05, 4.69) is 119 Å². The number of nitrogens with zero attached hydrogens (tertiary/aromatic N) is 3. The number of para-hydroxylation sites is 3. The number of ether oxygens (including phenoxy) is 2. The van der Waals surface area contributed by atoms with Crippen LogP contribution in [0.2, 0.25) is 0 Å². The molecular formula is C40H32N4O2. The van der Waals surface area contributed by atoms with Gasteiger partial charge in [-0.15, -0.1) is 0 Å². The summed E-state index contributed by atoms with van der Waals surface area (Å²) in [6.45, 7) is 3.06. The van der Waals surface area contributed by atoms with Gasteiger partial charge in [-0.1, -0.05) is 85.0 Å². The molecule has 0 saturated carbocycles. The van der Waals surface area contributed by atoms with E-state index in [1.807, 2.05) is 36.4 Å². The average Bonchev–Trinajstić information content (AvgIpc) is 3.34. The molecule has 5 aromatic rings. The molecular weight excluding hydrogens is 568 g/mol. The summed E-state index contributed by atoms with van der Waals surface area (Å²) < 4.78 is 13.9. The Morgan fingerprint density at radius 2 is 1.37 bits per heavy atom. The number of hydrogen-bond donors (Lipinski definition) is 1. The maximum atomic E-state index is 6.98. The molecule has 0 radical (unpaired) electrons. The van der Waals surface area contributed by atoms with Crippen molar-refractivity contribution in [3.8, 4) is 45.3 Å². The molecule has 224 valence electrons. The number of hydrogen-bond acceptors (Lipinski definition) is 6. The second-order valence-corrected chi connectivity index (χ2v) is 13.0. The lowest BCUT2D eigenvalue weighted by atomic mass is 9.89. The topological polar surface area (TPSA) is 53.7 Å². The molecule has 5 aromatic carbocycles. The molecule has 0 bridgehead atoms. The van der Waals surface area contributed by atoms with Gasteiger partial charge in [0.2, 0.25) is 0 Å². The number of fused-ring (bicyclic) bond motifs is 10. The monoisotopic (exact) mass is 600 g/mol. The van der Waals surface area contributed by atoms with Crippen LogP contribution in [-0.2, 0) is 0 Å². The van der Waals surface area contributed by atoms with Crippen LogP contribution in [0.15, 0.2) is 134 Å². The van der Waals surface area contributed by atoms with E-state index < -0.39 is 5.54 Å². The highest BCUT2D eigenvalue weighted by atomic mass is 16.5. The fourth-order valence-corrected chi connectivity index (χ4v) is 7.99. The zero-order valence-electron chi connectivity index (χ0n) is 25.4. The Kier molecular flexibility index (Phi) is 5.28. The van der Waals surface area contributed by atoms with Gasteiger partial charge in [0.25, 0.3) is 0 Å². The second-order valence-electron chi connectivity index (χ2n) is 13.0. The van der Waals surface area contributed by atoms with Crippen molar-refractivity contribution in [2.45, 2.75) is 30.6 Å². The molecule has 1 saturated heterocycles. The molecule has 0 amide bonds. The van der Waals surface area contributed by atoms with Crippen molar-refractivity contribution in [1.29, 1.82) is 0 Å². The molecule has 6 nitrogen and oxygen atoms in total. The lowest BCUT2D eigenvalue weighted by Crippen LogP contribution is -2.51. The van der Waals surface area contributed by atoms with E-state index in [-0.39, 0.29) is 18.1 Å². The van der Waals surface area contributed by atoms with Crippen LogP contribution >= 0.6 is 0 Å². The highest BCUT2D eigenvalue weighted by Gasteiger charge is 2.49. The Balaban J connectivity index is 1.17. The van der Waals surface area contributed by atoms with Crippen molar-refractivity contribution in [2.75, 3.05) is 11.4 Å². The Morgan fingerprint density at radius 1 is 0.717 bits per heavy atom. The molecule has 46 heavy (non-hydrogen) atoms. The average molecular weight is 601 g/mol. The van der Waals surface area contributed by atoms with Gasteiger partial charge in [-0.2, -0.15) is 5.01 Å². The second kappa shape index (κ2) is 9.36. The van der Waals surface area contributed by atoms with E-state index in [0.29, 0.717) is 0 Å². The zero-order valence-corrected chi connectivity index (χ0v) is 25.4. The van der Waals surface area contributed by atoms with Gasteiger partial charge >= 0.3 is 0 Å². The van der Waals surface area contributed by atoms with Crippen molar-refractivity contribution in [3.05, 3.63) is 145 Å². The van der Waals surface area contributed by atoms with Crippen LogP contribution in [0.5, 0.6) is 23.0 Å². The lowest BCUT2D eigenvalue weighted by Gasteiger charge is -2.36. The summed E-state index contributed by atoms with van der Waals surface area (Å²) in [5.74, 6) is 3.38. The van der Waals surface area contributed by atoms with Crippen LogP contribution in [0.25, 0.3) is 22.3 Å². The fraction of sp³-hybridized carbons (Fsp3) is 0.150. The minimum absolute atomic E-state index is 0.0665. The molecule has 4 heterocycles. The van der Waals surface area contributed by atoms with E-state index in [0.717, 1.165) is 57.5 Å². The van der Waals surface area contributed by atoms with Crippen LogP contribution in [0.1, 0.15) is 30.1 Å². The molecule has 2 N–H and O–H groups in total. The van der Waals surface area contributed by atoms with Gasteiger partial charge in [0.05, 0.1) is 11.6 Å². The van der Waals surface area contributed by atoms with Gasteiger partial charge in [0.15, 0.2) is 0 Å². The first-order valence-electron chi connectivity index (χ1n) is 16.0. The molecule has 0 spiro atoms. The van der Waals surface area contributed by atoms with Gasteiger partial charge in [-0.25, -0.2) is 0 Å². The Hall–Kier alpha value is -5.30. The first kappa shape index (κ1) is 26.0. The molecule has 6 heteroatoms. The molecule has 10 rings (SSSR count). The van der Waals surface area contributed by atoms with Gasteiger partial charge in [-0.05, 0) is 54.4 Å².